The number of hydrogen-bond donors (Lipinski definition) is 1. The molecule has 92 valence electrons. The van der Waals surface area contributed by atoms with Gasteiger partial charge in [-0.25, -0.2) is 0 Å². The molecule has 1 N–H and O–H groups in total. The first-order chi connectivity index (χ1) is 8.76. The molecular formula is C15H17N3. The quantitative estimate of drug-likeness (QED) is 0.833. The molecule has 0 bridgehead atoms. The largest absolute Gasteiger partial charge is 0.364 e. The van der Waals surface area contributed by atoms with Gasteiger partial charge >= 0.3 is 0 Å². The van der Waals surface area contributed by atoms with Crippen molar-refractivity contribution in [1.29, 1.82) is 0 Å². The monoisotopic (exact) mass is 239 g/mol. The van der Waals surface area contributed by atoms with Crippen LogP contribution in [0.3, 0.4) is 0 Å². The van der Waals surface area contributed by atoms with E-state index in [1.165, 1.54) is 0 Å². The van der Waals surface area contributed by atoms with Gasteiger partial charge in [0.1, 0.15) is 0 Å². The Kier molecular flexibility index (Phi) is 3.78. The molecule has 1 atom stereocenters. The molecule has 0 aliphatic carbocycles. The summed E-state index contributed by atoms with van der Waals surface area (Å²) in [5.74, 6) is 3.51. The first-order valence-corrected chi connectivity index (χ1v) is 6.18. The second-order valence-electron chi connectivity index (χ2n) is 4.34. The van der Waals surface area contributed by atoms with Gasteiger partial charge in [-0.15, -0.1) is 17.4 Å². The number of hydrogen-bond acceptors (Lipinski definition) is 3. The van der Waals surface area contributed by atoms with Gasteiger partial charge in [-0.1, -0.05) is 31.2 Å². The molecule has 0 aliphatic heterocycles. The molecule has 1 heterocycles. The lowest BCUT2D eigenvalue weighted by atomic mass is 10.1. The summed E-state index contributed by atoms with van der Waals surface area (Å²) in [5, 5.41) is 14.0. The summed E-state index contributed by atoms with van der Waals surface area (Å²) < 4.78 is 0. The number of fused-ring (bicyclic) bond motifs is 1. The van der Waals surface area contributed by atoms with E-state index in [-0.39, 0.29) is 6.04 Å². The van der Waals surface area contributed by atoms with E-state index in [2.05, 4.69) is 40.5 Å². The minimum atomic E-state index is 0.246. The van der Waals surface area contributed by atoms with E-state index >= 15 is 0 Å². The summed E-state index contributed by atoms with van der Waals surface area (Å²) in [7, 11) is 0. The molecule has 2 rings (SSSR count). The Bertz CT molecular complexity index is 584. The number of nitrogens with one attached hydrogen (secondary N) is 1. The number of aromatic nitrogens is 2. The van der Waals surface area contributed by atoms with Gasteiger partial charge in [0, 0.05) is 23.2 Å². The van der Waals surface area contributed by atoms with Crippen LogP contribution in [0, 0.1) is 19.3 Å². The molecule has 0 aliphatic rings. The lowest BCUT2D eigenvalue weighted by Crippen LogP contribution is -2.19. The van der Waals surface area contributed by atoms with Gasteiger partial charge in [-0.3, -0.25) is 0 Å². The van der Waals surface area contributed by atoms with Crippen molar-refractivity contribution in [2.24, 2.45) is 0 Å². The Labute approximate surface area is 108 Å². The van der Waals surface area contributed by atoms with Gasteiger partial charge in [-0.2, -0.15) is 5.10 Å². The highest BCUT2D eigenvalue weighted by atomic mass is 15.2. The van der Waals surface area contributed by atoms with E-state index < -0.39 is 0 Å². The fourth-order valence-corrected chi connectivity index (χ4v) is 1.98. The predicted octanol–water partition coefficient (Wildman–Crippen LogP) is 3.15. The van der Waals surface area contributed by atoms with Crippen LogP contribution in [-0.4, -0.2) is 16.2 Å². The molecule has 0 radical (unpaired) electrons. The summed E-state index contributed by atoms with van der Waals surface area (Å²) >= 11 is 0. The van der Waals surface area contributed by atoms with Crippen LogP contribution in [0.15, 0.2) is 24.3 Å². The Balaban J connectivity index is 2.40. The highest BCUT2D eigenvalue weighted by Crippen LogP contribution is 2.23. The van der Waals surface area contributed by atoms with Crippen molar-refractivity contribution in [3.63, 3.8) is 0 Å². The van der Waals surface area contributed by atoms with Crippen LogP contribution in [-0.2, 0) is 0 Å². The molecule has 2 aromatic rings. The van der Waals surface area contributed by atoms with E-state index in [0.717, 1.165) is 28.7 Å². The van der Waals surface area contributed by atoms with E-state index in [9.17, 15) is 0 Å². The number of nitrogens with zero attached hydrogens (tertiary/aromatic N) is 2. The average Bonchev–Trinajstić information content (AvgIpc) is 2.41. The molecule has 18 heavy (non-hydrogen) atoms. The summed E-state index contributed by atoms with van der Waals surface area (Å²) in [6.07, 6.45) is 7.03. The summed E-state index contributed by atoms with van der Waals surface area (Å²) in [4.78, 5) is 0. The first-order valence-electron chi connectivity index (χ1n) is 6.18. The number of benzene rings is 1. The van der Waals surface area contributed by atoms with Crippen LogP contribution in [0.4, 0.5) is 5.82 Å². The Morgan fingerprint density at radius 3 is 2.67 bits per heavy atom. The Morgan fingerprint density at radius 2 is 2.00 bits per heavy atom. The van der Waals surface area contributed by atoms with E-state index in [1.807, 2.05) is 19.1 Å². The predicted molar refractivity (Wildman–Crippen MR) is 75.4 cm³/mol. The molecule has 1 aromatic carbocycles. The first kappa shape index (κ1) is 12.4. The molecule has 0 amide bonds. The van der Waals surface area contributed by atoms with Gasteiger partial charge in [0.15, 0.2) is 5.82 Å². The van der Waals surface area contributed by atoms with Gasteiger partial charge < -0.3 is 5.32 Å². The standard InChI is InChI=1S/C15H17N3/c1-4-8-12(5-2)16-15-14-10-7-6-9-13(14)11(3)17-18-15/h1,6-7,9-10,12H,5,8H2,2-3H3,(H,16,18). The van der Waals surface area contributed by atoms with E-state index in [1.54, 1.807) is 0 Å². The van der Waals surface area contributed by atoms with Crippen molar-refractivity contribution in [2.75, 3.05) is 5.32 Å². The van der Waals surface area contributed by atoms with E-state index in [4.69, 9.17) is 6.42 Å². The second-order valence-corrected chi connectivity index (χ2v) is 4.34. The normalized spacial score (nSPS) is 12.1. The molecule has 1 unspecified atom stereocenters. The Hall–Kier alpha value is -2.08. The van der Waals surface area contributed by atoms with Crippen LogP contribution in [0.25, 0.3) is 10.8 Å². The van der Waals surface area contributed by atoms with Crippen LogP contribution < -0.4 is 5.32 Å². The van der Waals surface area contributed by atoms with Gasteiger partial charge in [0.25, 0.3) is 0 Å². The molecule has 0 fully saturated rings. The average molecular weight is 239 g/mol. The van der Waals surface area contributed by atoms with Crippen molar-refractivity contribution in [1.82, 2.24) is 10.2 Å². The highest BCUT2D eigenvalue weighted by Gasteiger charge is 2.10. The molecule has 3 heteroatoms. The number of rotatable bonds is 4. The van der Waals surface area contributed by atoms with Crippen molar-refractivity contribution in [2.45, 2.75) is 32.7 Å². The molecular weight excluding hydrogens is 222 g/mol. The van der Waals surface area contributed by atoms with Gasteiger partial charge in [0.05, 0.1) is 5.69 Å². The lowest BCUT2D eigenvalue weighted by Gasteiger charge is -2.16. The third kappa shape index (κ3) is 2.43. The van der Waals surface area contributed by atoms with Crippen molar-refractivity contribution in [3.8, 4) is 12.3 Å². The molecule has 0 saturated carbocycles. The molecule has 1 aromatic heterocycles. The summed E-state index contributed by atoms with van der Waals surface area (Å²) in [6, 6.07) is 8.39. The smallest absolute Gasteiger partial charge is 0.156 e. The van der Waals surface area contributed by atoms with Crippen LogP contribution in [0.1, 0.15) is 25.5 Å². The fourth-order valence-electron chi connectivity index (χ4n) is 1.98. The zero-order valence-corrected chi connectivity index (χ0v) is 10.8. The van der Waals surface area contributed by atoms with E-state index in [0.29, 0.717) is 6.42 Å². The summed E-state index contributed by atoms with van der Waals surface area (Å²) in [6.45, 7) is 4.08. The fraction of sp³-hybridized carbons (Fsp3) is 0.333. The van der Waals surface area contributed by atoms with Crippen LogP contribution in [0.2, 0.25) is 0 Å². The van der Waals surface area contributed by atoms with Crippen molar-refractivity contribution < 1.29 is 0 Å². The second kappa shape index (κ2) is 5.50. The molecule has 0 spiro atoms. The van der Waals surface area contributed by atoms with Crippen molar-refractivity contribution in [3.05, 3.63) is 30.0 Å². The zero-order valence-electron chi connectivity index (χ0n) is 10.8. The number of anilines is 1. The lowest BCUT2D eigenvalue weighted by molar-refractivity contribution is 0.710. The zero-order chi connectivity index (χ0) is 13.0. The Morgan fingerprint density at radius 1 is 1.28 bits per heavy atom. The van der Waals surface area contributed by atoms with Crippen LogP contribution in [0.5, 0.6) is 0 Å². The number of aryl methyl sites for hydroxylation is 1. The highest BCUT2D eigenvalue weighted by molar-refractivity contribution is 5.92. The maximum atomic E-state index is 5.37. The number of terminal acetylenes is 1. The minimum absolute atomic E-state index is 0.246. The maximum Gasteiger partial charge on any atom is 0.156 e. The van der Waals surface area contributed by atoms with Crippen LogP contribution >= 0.6 is 0 Å². The van der Waals surface area contributed by atoms with Gasteiger partial charge in [-0.05, 0) is 13.3 Å². The summed E-state index contributed by atoms with van der Waals surface area (Å²) in [5.41, 5.74) is 0.946. The minimum Gasteiger partial charge on any atom is -0.364 e. The topological polar surface area (TPSA) is 37.8 Å². The third-order valence-electron chi connectivity index (χ3n) is 3.07. The SMILES string of the molecule is C#CCC(CC)Nc1nnc(C)c2ccccc12. The molecule has 3 nitrogen and oxygen atoms in total. The maximum absolute atomic E-state index is 5.37. The van der Waals surface area contributed by atoms with Gasteiger partial charge in [0.2, 0.25) is 0 Å². The molecule has 0 saturated heterocycles. The van der Waals surface area contributed by atoms with Crippen molar-refractivity contribution >= 4 is 16.6 Å². The third-order valence-corrected chi connectivity index (χ3v) is 3.07.